The number of rotatable bonds is 9. The van der Waals surface area contributed by atoms with Crippen LogP contribution in [-0.4, -0.2) is 29.2 Å². The van der Waals surface area contributed by atoms with Crippen molar-refractivity contribution in [2.45, 2.75) is 19.5 Å². The lowest BCUT2D eigenvalue weighted by molar-refractivity contribution is -0.122. The number of hydrogen-bond acceptors (Lipinski definition) is 7. The van der Waals surface area contributed by atoms with Crippen LogP contribution in [0.2, 0.25) is 0 Å². The molecule has 0 saturated heterocycles. The summed E-state index contributed by atoms with van der Waals surface area (Å²) in [5, 5.41) is 2.95. The number of ether oxygens (including phenoxy) is 1. The van der Waals surface area contributed by atoms with Gasteiger partial charge in [0.25, 0.3) is 11.8 Å². The number of amides is 3. The topological polar surface area (TPSA) is 141 Å². The molecule has 38 heavy (non-hydrogen) atoms. The fraction of sp³-hybridized carbons (Fsp3) is 0.143. The third-order valence-corrected chi connectivity index (χ3v) is 6.75. The first-order chi connectivity index (χ1) is 18.3. The number of nitrogens with one attached hydrogen (secondary N) is 1. The Morgan fingerprint density at radius 1 is 1.03 bits per heavy atom. The number of methoxy groups -OCH3 is 1. The fourth-order valence-corrected chi connectivity index (χ4v) is 4.73. The van der Waals surface area contributed by atoms with Gasteiger partial charge >= 0.3 is 0 Å². The summed E-state index contributed by atoms with van der Waals surface area (Å²) in [7, 11) is 1.55. The quantitative estimate of drug-likeness (QED) is 0.301. The molecule has 4 rings (SSSR count). The molecule has 0 spiro atoms. The third kappa shape index (κ3) is 5.65. The van der Waals surface area contributed by atoms with Gasteiger partial charge in [0.2, 0.25) is 5.91 Å². The zero-order valence-electron chi connectivity index (χ0n) is 20.9. The lowest BCUT2D eigenvalue weighted by atomic mass is 10.0. The SMILES string of the molecule is COc1ccc([C@@H](C(=O)NCc2ccccc2)N(C(=O)c2snc(C(N)=O)c2N)c2cccc(C)c2)cc1. The Morgan fingerprint density at radius 3 is 2.34 bits per heavy atom. The zero-order valence-corrected chi connectivity index (χ0v) is 21.7. The first-order valence-electron chi connectivity index (χ1n) is 11.7. The van der Waals surface area contributed by atoms with Crippen molar-refractivity contribution in [3.8, 4) is 5.75 Å². The van der Waals surface area contributed by atoms with Crippen molar-refractivity contribution in [2.24, 2.45) is 5.73 Å². The van der Waals surface area contributed by atoms with Crippen LogP contribution in [0, 0.1) is 6.92 Å². The van der Waals surface area contributed by atoms with Gasteiger partial charge in [0.1, 0.15) is 16.7 Å². The molecule has 0 aliphatic rings. The number of nitrogens with zero attached hydrogens (tertiary/aromatic N) is 2. The molecule has 0 fully saturated rings. The van der Waals surface area contributed by atoms with Crippen LogP contribution in [0.4, 0.5) is 11.4 Å². The van der Waals surface area contributed by atoms with E-state index in [-0.39, 0.29) is 22.8 Å². The minimum Gasteiger partial charge on any atom is -0.497 e. The summed E-state index contributed by atoms with van der Waals surface area (Å²) < 4.78 is 9.27. The summed E-state index contributed by atoms with van der Waals surface area (Å²) in [5.41, 5.74) is 14.0. The van der Waals surface area contributed by atoms with Gasteiger partial charge in [0.05, 0.1) is 12.8 Å². The summed E-state index contributed by atoms with van der Waals surface area (Å²) in [5.74, 6) is -1.24. The van der Waals surface area contributed by atoms with Crippen LogP contribution in [0.1, 0.15) is 42.9 Å². The van der Waals surface area contributed by atoms with Crippen molar-refractivity contribution in [1.29, 1.82) is 0 Å². The van der Waals surface area contributed by atoms with E-state index >= 15 is 0 Å². The number of aryl methyl sites for hydroxylation is 1. The van der Waals surface area contributed by atoms with Crippen molar-refractivity contribution in [2.75, 3.05) is 17.7 Å². The average Bonchev–Trinajstić information content (AvgIpc) is 3.32. The second-order valence-corrected chi connectivity index (χ2v) is 9.30. The molecule has 4 aromatic rings. The molecule has 3 amide bonds. The number of anilines is 2. The van der Waals surface area contributed by atoms with Crippen molar-refractivity contribution in [1.82, 2.24) is 9.69 Å². The van der Waals surface area contributed by atoms with Gasteiger partial charge in [-0.1, -0.05) is 54.6 Å². The molecule has 0 unspecified atom stereocenters. The van der Waals surface area contributed by atoms with Gasteiger partial charge in [0.15, 0.2) is 5.69 Å². The van der Waals surface area contributed by atoms with E-state index in [0.29, 0.717) is 17.0 Å². The maximum absolute atomic E-state index is 14.1. The molecule has 1 aromatic heterocycles. The molecule has 1 heterocycles. The van der Waals surface area contributed by atoms with Crippen LogP contribution in [-0.2, 0) is 11.3 Å². The highest BCUT2D eigenvalue weighted by atomic mass is 32.1. The van der Waals surface area contributed by atoms with Gasteiger partial charge in [-0.3, -0.25) is 19.3 Å². The Morgan fingerprint density at radius 2 is 1.74 bits per heavy atom. The Labute approximate surface area is 224 Å². The van der Waals surface area contributed by atoms with Crippen LogP contribution < -0.4 is 26.4 Å². The van der Waals surface area contributed by atoms with E-state index in [1.165, 1.54) is 4.90 Å². The first-order valence-corrected chi connectivity index (χ1v) is 12.5. The predicted octanol–water partition coefficient (Wildman–Crippen LogP) is 3.85. The molecule has 0 aliphatic carbocycles. The van der Waals surface area contributed by atoms with Crippen LogP contribution >= 0.6 is 11.5 Å². The first kappa shape index (κ1) is 26.4. The van der Waals surface area contributed by atoms with Crippen LogP contribution in [0.25, 0.3) is 0 Å². The molecule has 5 N–H and O–H groups in total. The molecule has 0 bridgehead atoms. The summed E-state index contributed by atoms with van der Waals surface area (Å²) in [6.45, 7) is 2.15. The maximum atomic E-state index is 14.1. The summed E-state index contributed by atoms with van der Waals surface area (Å²) in [6.07, 6.45) is 0. The Kier molecular flexibility index (Phi) is 8.03. The predicted molar refractivity (Wildman–Crippen MR) is 147 cm³/mol. The Bertz CT molecular complexity index is 1450. The van der Waals surface area contributed by atoms with Gasteiger partial charge < -0.3 is 21.5 Å². The largest absolute Gasteiger partial charge is 0.497 e. The van der Waals surface area contributed by atoms with Crippen LogP contribution in [0.5, 0.6) is 5.75 Å². The molecular formula is C28H27N5O4S. The molecular weight excluding hydrogens is 502 g/mol. The van der Waals surface area contributed by atoms with Gasteiger partial charge in [-0.25, -0.2) is 0 Å². The number of nitrogens with two attached hydrogens (primary N) is 2. The number of hydrogen-bond donors (Lipinski definition) is 3. The number of nitrogen functional groups attached to an aromatic ring is 1. The van der Waals surface area contributed by atoms with Crippen molar-refractivity contribution >= 4 is 40.6 Å². The van der Waals surface area contributed by atoms with Gasteiger partial charge in [-0.2, -0.15) is 4.37 Å². The molecule has 3 aromatic carbocycles. The molecule has 0 radical (unpaired) electrons. The zero-order chi connectivity index (χ0) is 27.2. The molecule has 194 valence electrons. The number of carbonyl (C=O) groups excluding carboxylic acids is 3. The van der Waals surface area contributed by atoms with Crippen molar-refractivity contribution < 1.29 is 19.1 Å². The minimum absolute atomic E-state index is 0.00896. The van der Waals surface area contributed by atoms with E-state index in [1.54, 1.807) is 49.6 Å². The van der Waals surface area contributed by atoms with Gasteiger partial charge in [-0.05, 0) is 59.4 Å². The molecule has 0 aliphatic heterocycles. The lowest BCUT2D eigenvalue weighted by Gasteiger charge is -2.31. The number of primary amides is 1. The Balaban J connectivity index is 1.83. The van der Waals surface area contributed by atoms with E-state index in [1.807, 2.05) is 43.3 Å². The molecule has 10 heteroatoms. The minimum atomic E-state index is -1.09. The Hall–Kier alpha value is -4.70. The highest BCUT2D eigenvalue weighted by Gasteiger charge is 2.36. The highest BCUT2D eigenvalue weighted by molar-refractivity contribution is 7.09. The monoisotopic (exact) mass is 529 g/mol. The standard InChI is InChI=1S/C28H27N5O4S/c1-17-7-6-10-20(15-17)33(28(36)25-22(29)23(26(30)34)32-38-25)24(19-11-13-21(37-2)14-12-19)27(35)31-16-18-8-4-3-5-9-18/h3-15,24H,16,29H2,1-2H3,(H2,30,34)(H,31,35)/t24-/m0/s1. The van der Waals surface area contributed by atoms with Crippen LogP contribution in [0.15, 0.2) is 78.9 Å². The number of carbonyl (C=O) groups is 3. The van der Waals surface area contributed by atoms with Crippen molar-refractivity contribution in [3.05, 3.63) is 106 Å². The number of aromatic nitrogens is 1. The summed E-state index contributed by atoms with van der Waals surface area (Å²) >= 11 is 0.762. The average molecular weight is 530 g/mol. The number of benzene rings is 3. The van der Waals surface area contributed by atoms with E-state index < -0.39 is 23.8 Å². The molecule has 1 atom stereocenters. The van der Waals surface area contributed by atoms with Crippen molar-refractivity contribution in [3.63, 3.8) is 0 Å². The second kappa shape index (κ2) is 11.6. The van der Waals surface area contributed by atoms with Gasteiger partial charge in [0, 0.05) is 12.2 Å². The highest BCUT2D eigenvalue weighted by Crippen LogP contribution is 2.34. The third-order valence-electron chi connectivity index (χ3n) is 5.90. The molecule has 9 nitrogen and oxygen atoms in total. The van der Waals surface area contributed by atoms with E-state index in [4.69, 9.17) is 16.2 Å². The smallest absolute Gasteiger partial charge is 0.273 e. The van der Waals surface area contributed by atoms with Gasteiger partial charge in [-0.15, -0.1) is 0 Å². The van der Waals surface area contributed by atoms with E-state index in [2.05, 4.69) is 9.69 Å². The fourth-order valence-electron chi connectivity index (χ4n) is 3.99. The van der Waals surface area contributed by atoms with E-state index in [0.717, 1.165) is 22.7 Å². The maximum Gasteiger partial charge on any atom is 0.273 e. The van der Waals surface area contributed by atoms with E-state index in [9.17, 15) is 14.4 Å². The molecule has 0 saturated carbocycles. The second-order valence-electron chi connectivity index (χ2n) is 8.53. The summed E-state index contributed by atoms with van der Waals surface area (Å²) in [4.78, 5) is 41.1. The normalized spacial score (nSPS) is 11.4. The lowest BCUT2D eigenvalue weighted by Crippen LogP contribution is -2.44. The summed E-state index contributed by atoms with van der Waals surface area (Å²) in [6, 6.07) is 22.5. The van der Waals surface area contributed by atoms with Crippen LogP contribution in [0.3, 0.4) is 0 Å².